The Morgan fingerprint density at radius 1 is 1.45 bits per heavy atom. The second-order valence-corrected chi connectivity index (χ2v) is 5.21. The first-order valence-electron chi connectivity index (χ1n) is 7.14. The van der Waals surface area contributed by atoms with Crippen LogP contribution in [0.5, 0.6) is 0 Å². The first-order valence-corrected chi connectivity index (χ1v) is 7.14. The zero-order valence-electron chi connectivity index (χ0n) is 12.1. The van der Waals surface area contributed by atoms with Crippen LogP contribution in [0.2, 0.25) is 0 Å². The van der Waals surface area contributed by atoms with Gasteiger partial charge < -0.3 is 20.1 Å². The summed E-state index contributed by atoms with van der Waals surface area (Å²) in [6.07, 6.45) is -0.131. The fraction of sp³-hybridized carbons (Fsp3) is 0.600. The van der Waals surface area contributed by atoms with Gasteiger partial charge in [0.05, 0.1) is 18.8 Å². The Balaban J connectivity index is 2.21. The third kappa shape index (κ3) is 3.69. The largest absolute Gasteiger partial charge is 0.394 e. The minimum atomic E-state index is -0.221. The lowest BCUT2D eigenvalue weighted by Crippen LogP contribution is -2.48. The van der Waals surface area contributed by atoms with E-state index in [2.05, 4.69) is 10.2 Å². The first-order chi connectivity index (χ1) is 9.63. The lowest BCUT2D eigenvalue weighted by atomic mass is 10.1. The van der Waals surface area contributed by atoms with E-state index in [1.54, 1.807) is 6.07 Å². The van der Waals surface area contributed by atoms with Crippen molar-refractivity contribution in [3.8, 4) is 0 Å². The molecule has 0 saturated carbocycles. The Morgan fingerprint density at radius 3 is 2.95 bits per heavy atom. The van der Waals surface area contributed by atoms with Gasteiger partial charge in [0.1, 0.15) is 5.82 Å². The van der Waals surface area contributed by atoms with E-state index in [4.69, 9.17) is 4.74 Å². The predicted octanol–water partition coefficient (Wildman–Crippen LogP) is 1.52. The molecule has 20 heavy (non-hydrogen) atoms. The number of hydrogen-bond acceptors (Lipinski definition) is 4. The topological polar surface area (TPSA) is 44.7 Å². The highest BCUT2D eigenvalue weighted by molar-refractivity contribution is 5.54. The molecule has 2 N–H and O–H groups in total. The van der Waals surface area contributed by atoms with Crippen LogP contribution in [0.1, 0.15) is 19.4 Å². The fourth-order valence-corrected chi connectivity index (χ4v) is 2.61. The second-order valence-electron chi connectivity index (χ2n) is 5.21. The van der Waals surface area contributed by atoms with Gasteiger partial charge in [-0.05, 0) is 37.2 Å². The Morgan fingerprint density at radius 2 is 2.25 bits per heavy atom. The number of ether oxygens (including phenoxy) is 1. The van der Waals surface area contributed by atoms with Crippen molar-refractivity contribution in [1.29, 1.82) is 0 Å². The number of hydrogen-bond donors (Lipinski definition) is 2. The van der Waals surface area contributed by atoms with Gasteiger partial charge in [-0.25, -0.2) is 4.39 Å². The summed E-state index contributed by atoms with van der Waals surface area (Å²) in [6, 6.07) is 4.87. The van der Waals surface area contributed by atoms with E-state index < -0.39 is 0 Å². The van der Waals surface area contributed by atoms with Gasteiger partial charge in [-0.1, -0.05) is 6.92 Å². The number of aliphatic hydroxyl groups is 1. The monoisotopic (exact) mass is 282 g/mol. The van der Waals surface area contributed by atoms with Crippen LogP contribution >= 0.6 is 0 Å². The molecular weight excluding hydrogens is 259 g/mol. The van der Waals surface area contributed by atoms with E-state index >= 15 is 0 Å². The van der Waals surface area contributed by atoms with E-state index in [0.29, 0.717) is 13.1 Å². The number of nitrogens with one attached hydrogen (secondary N) is 1. The number of rotatable bonds is 5. The highest BCUT2D eigenvalue weighted by Crippen LogP contribution is 2.25. The molecular formula is C15H23FN2O2. The summed E-state index contributed by atoms with van der Waals surface area (Å²) in [7, 11) is 0. The maximum atomic E-state index is 13.5. The zero-order chi connectivity index (χ0) is 14.5. The van der Waals surface area contributed by atoms with Crippen molar-refractivity contribution < 1.29 is 14.2 Å². The Bertz CT molecular complexity index is 442. The second kappa shape index (κ2) is 7.02. The van der Waals surface area contributed by atoms with Gasteiger partial charge in [-0.2, -0.15) is 0 Å². The molecule has 1 aliphatic rings. The minimum Gasteiger partial charge on any atom is -0.394 e. The third-order valence-corrected chi connectivity index (χ3v) is 3.48. The van der Waals surface area contributed by atoms with Gasteiger partial charge in [-0.3, -0.25) is 0 Å². The van der Waals surface area contributed by atoms with Crippen LogP contribution in [0.15, 0.2) is 18.2 Å². The Labute approximate surface area is 119 Å². The number of anilines is 1. The SMILES string of the molecule is CCNCc1cc(F)ccc1N1CC(C)OC(CO)C1. The molecule has 0 amide bonds. The van der Waals surface area contributed by atoms with Crippen LogP contribution in [0, 0.1) is 5.82 Å². The van der Waals surface area contributed by atoms with Crippen LogP contribution in [-0.2, 0) is 11.3 Å². The molecule has 2 atom stereocenters. The van der Waals surface area contributed by atoms with Crippen LogP contribution in [-0.4, -0.2) is 43.6 Å². The summed E-state index contributed by atoms with van der Waals surface area (Å²) in [6.45, 7) is 6.88. The Hall–Kier alpha value is -1.17. The molecule has 112 valence electrons. The number of aliphatic hydroxyl groups excluding tert-OH is 1. The van der Waals surface area contributed by atoms with Crippen molar-refractivity contribution in [3.63, 3.8) is 0 Å². The maximum absolute atomic E-state index is 13.5. The van der Waals surface area contributed by atoms with E-state index in [0.717, 1.165) is 24.3 Å². The highest BCUT2D eigenvalue weighted by Gasteiger charge is 2.26. The standard InChI is InChI=1S/C15H23FN2O2/c1-3-17-7-12-6-13(16)4-5-15(12)18-8-11(2)20-14(9-18)10-19/h4-6,11,14,17,19H,3,7-10H2,1-2H3. The average molecular weight is 282 g/mol. The van der Waals surface area contributed by atoms with Gasteiger partial charge in [0.2, 0.25) is 0 Å². The van der Waals surface area contributed by atoms with Gasteiger partial charge in [0.15, 0.2) is 0 Å². The maximum Gasteiger partial charge on any atom is 0.123 e. The predicted molar refractivity (Wildman–Crippen MR) is 77.4 cm³/mol. The molecule has 1 aromatic carbocycles. The fourth-order valence-electron chi connectivity index (χ4n) is 2.61. The molecule has 2 unspecified atom stereocenters. The van der Waals surface area contributed by atoms with Crippen LogP contribution in [0.25, 0.3) is 0 Å². The third-order valence-electron chi connectivity index (χ3n) is 3.48. The summed E-state index contributed by atoms with van der Waals surface area (Å²) in [5, 5.41) is 12.5. The summed E-state index contributed by atoms with van der Waals surface area (Å²) < 4.78 is 19.1. The minimum absolute atomic E-state index is 0.00454. The van der Waals surface area contributed by atoms with E-state index in [1.165, 1.54) is 6.07 Å². The van der Waals surface area contributed by atoms with Crippen molar-refractivity contribution in [2.24, 2.45) is 0 Å². The first kappa shape index (κ1) is 15.2. The number of halogens is 1. The molecule has 0 bridgehead atoms. The molecule has 0 aromatic heterocycles. The molecule has 5 heteroatoms. The molecule has 1 aromatic rings. The molecule has 4 nitrogen and oxygen atoms in total. The van der Waals surface area contributed by atoms with Crippen molar-refractivity contribution in [3.05, 3.63) is 29.6 Å². The van der Waals surface area contributed by atoms with E-state index in [-0.39, 0.29) is 24.6 Å². The molecule has 1 fully saturated rings. The molecule has 1 saturated heterocycles. The summed E-state index contributed by atoms with van der Waals surface area (Å²) >= 11 is 0. The van der Waals surface area contributed by atoms with Gasteiger partial charge >= 0.3 is 0 Å². The molecule has 0 radical (unpaired) electrons. The van der Waals surface area contributed by atoms with Gasteiger partial charge in [0.25, 0.3) is 0 Å². The lowest BCUT2D eigenvalue weighted by Gasteiger charge is -2.38. The van der Waals surface area contributed by atoms with Crippen molar-refractivity contribution in [2.45, 2.75) is 32.6 Å². The number of nitrogens with zero attached hydrogens (tertiary/aromatic N) is 1. The summed E-state index contributed by atoms with van der Waals surface area (Å²) in [4.78, 5) is 2.17. The molecule has 0 aliphatic carbocycles. The number of morpholine rings is 1. The van der Waals surface area contributed by atoms with Gasteiger partial charge in [-0.15, -0.1) is 0 Å². The normalized spacial score (nSPS) is 23.1. The molecule has 2 rings (SSSR count). The Kier molecular flexibility index (Phi) is 5.34. The van der Waals surface area contributed by atoms with E-state index in [1.807, 2.05) is 19.9 Å². The van der Waals surface area contributed by atoms with Gasteiger partial charge in [0, 0.05) is 25.3 Å². The van der Waals surface area contributed by atoms with Crippen molar-refractivity contribution in [1.82, 2.24) is 5.32 Å². The average Bonchev–Trinajstić information content (AvgIpc) is 2.44. The van der Waals surface area contributed by atoms with Crippen LogP contribution in [0.4, 0.5) is 10.1 Å². The van der Waals surface area contributed by atoms with Crippen LogP contribution < -0.4 is 10.2 Å². The summed E-state index contributed by atoms with van der Waals surface area (Å²) in [5.41, 5.74) is 1.96. The molecule has 1 heterocycles. The zero-order valence-corrected chi connectivity index (χ0v) is 12.1. The van der Waals surface area contributed by atoms with Crippen molar-refractivity contribution in [2.75, 3.05) is 31.1 Å². The lowest BCUT2D eigenvalue weighted by molar-refractivity contribution is -0.0421. The smallest absolute Gasteiger partial charge is 0.123 e. The number of benzene rings is 1. The summed E-state index contributed by atoms with van der Waals surface area (Å²) in [5.74, 6) is -0.221. The van der Waals surface area contributed by atoms with Crippen molar-refractivity contribution >= 4 is 5.69 Å². The van der Waals surface area contributed by atoms with Crippen LogP contribution in [0.3, 0.4) is 0 Å². The molecule has 1 aliphatic heterocycles. The highest BCUT2D eigenvalue weighted by atomic mass is 19.1. The quantitative estimate of drug-likeness (QED) is 0.859. The van der Waals surface area contributed by atoms with E-state index in [9.17, 15) is 9.50 Å². The molecule has 0 spiro atoms.